The smallest absolute Gasteiger partial charge is 0.261 e. The second-order valence-corrected chi connectivity index (χ2v) is 7.70. The Morgan fingerprint density at radius 1 is 0.971 bits per heavy atom. The molecule has 1 aliphatic heterocycles. The lowest BCUT2D eigenvalue weighted by atomic mass is 10.1. The fourth-order valence-electron chi connectivity index (χ4n) is 3.75. The number of fused-ring (bicyclic) bond motifs is 1. The molecule has 4 aromatic rings. The number of imide groups is 1. The predicted octanol–water partition coefficient (Wildman–Crippen LogP) is 3.16. The first kappa shape index (κ1) is 21.1. The highest BCUT2D eigenvalue weighted by Crippen LogP contribution is 2.26. The minimum absolute atomic E-state index is 0.0778. The summed E-state index contributed by atoms with van der Waals surface area (Å²) in [6.07, 6.45) is 0. The van der Waals surface area contributed by atoms with Crippen LogP contribution in [0, 0.1) is 12.7 Å². The van der Waals surface area contributed by atoms with Gasteiger partial charge in [0.1, 0.15) is 5.82 Å². The van der Waals surface area contributed by atoms with Crippen molar-refractivity contribution in [1.29, 1.82) is 0 Å². The van der Waals surface area contributed by atoms with Crippen molar-refractivity contribution in [3.05, 3.63) is 101 Å². The number of aryl methyl sites for hydroxylation is 1. The first-order valence-electron chi connectivity index (χ1n) is 10.3. The highest BCUT2D eigenvalue weighted by molar-refractivity contribution is 6.22. The van der Waals surface area contributed by atoms with E-state index >= 15 is 0 Å². The SMILES string of the molecule is Cc1nnnn1-c1ccc(F)c(NC(=O)c2ccc3c(c2)C(=O)N(Cc2ccccc2)C3=O)c1. The maximum Gasteiger partial charge on any atom is 0.261 e. The van der Waals surface area contributed by atoms with E-state index in [1.54, 1.807) is 6.92 Å². The van der Waals surface area contributed by atoms with Crippen molar-refractivity contribution in [3.63, 3.8) is 0 Å². The van der Waals surface area contributed by atoms with Crippen LogP contribution in [0.2, 0.25) is 0 Å². The Bertz CT molecular complexity index is 1450. The monoisotopic (exact) mass is 456 g/mol. The van der Waals surface area contributed by atoms with Crippen molar-refractivity contribution in [3.8, 4) is 5.69 Å². The molecule has 1 N–H and O–H groups in total. The van der Waals surface area contributed by atoms with E-state index in [1.807, 2.05) is 30.3 Å². The summed E-state index contributed by atoms with van der Waals surface area (Å²) in [6, 6.07) is 17.4. The molecule has 0 bridgehead atoms. The molecule has 0 unspecified atom stereocenters. The number of rotatable bonds is 5. The summed E-state index contributed by atoms with van der Waals surface area (Å²) in [7, 11) is 0. The molecule has 3 aromatic carbocycles. The standard InChI is InChI=1S/C24H17FN6O3/c1-14-27-28-29-31(14)17-8-10-20(25)21(12-17)26-22(32)16-7-9-18-19(11-16)24(34)30(23(18)33)13-15-5-3-2-4-6-15/h2-12H,13H2,1H3,(H,26,32). The van der Waals surface area contributed by atoms with Crippen molar-refractivity contribution in [1.82, 2.24) is 25.1 Å². The molecule has 0 spiro atoms. The summed E-state index contributed by atoms with van der Waals surface area (Å²) in [6.45, 7) is 1.81. The molecule has 168 valence electrons. The highest BCUT2D eigenvalue weighted by atomic mass is 19.1. The van der Waals surface area contributed by atoms with Crippen LogP contribution in [-0.2, 0) is 6.54 Å². The first-order chi connectivity index (χ1) is 16.4. The van der Waals surface area contributed by atoms with Crippen LogP contribution in [-0.4, -0.2) is 42.8 Å². The van der Waals surface area contributed by atoms with Crippen LogP contribution < -0.4 is 5.32 Å². The lowest BCUT2D eigenvalue weighted by Crippen LogP contribution is -2.29. The third-order valence-electron chi connectivity index (χ3n) is 5.48. The van der Waals surface area contributed by atoms with Gasteiger partial charge in [0, 0.05) is 5.56 Å². The summed E-state index contributed by atoms with van der Waals surface area (Å²) < 4.78 is 15.8. The average Bonchev–Trinajstić information content (AvgIpc) is 3.37. The summed E-state index contributed by atoms with van der Waals surface area (Å²) in [5.74, 6) is -1.70. The molecule has 34 heavy (non-hydrogen) atoms. The number of tetrazole rings is 1. The molecule has 10 heteroatoms. The van der Waals surface area contributed by atoms with Gasteiger partial charge in [0.25, 0.3) is 17.7 Å². The van der Waals surface area contributed by atoms with Gasteiger partial charge in [0.2, 0.25) is 0 Å². The number of amides is 3. The van der Waals surface area contributed by atoms with Crippen molar-refractivity contribution in [2.24, 2.45) is 0 Å². The zero-order chi connectivity index (χ0) is 23.8. The summed E-state index contributed by atoms with van der Waals surface area (Å²) in [5, 5.41) is 13.7. The van der Waals surface area contributed by atoms with Gasteiger partial charge < -0.3 is 5.32 Å². The maximum absolute atomic E-state index is 14.4. The van der Waals surface area contributed by atoms with Gasteiger partial charge in [-0.3, -0.25) is 19.3 Å². The average molecular weight is 456 g/mol. The van der Waals surface area contributed by atoms with Crippen LogP contribution in [0.3, 0.4) is 0 Å². The molecule has 0 saturated heterocycles. The molecule has 1 aromatic heterocycles. The molecule has 5 rings (SSSR count). The first-order valence-corrected chi connectivity index (χ1v) is 10.3. The van der Waals surface area contributed by atoms with E-state index in [0.717, 1.165) is 10.5 Å². The van der Waals surface area contributed by atoms with Crippen molar-refractivity contribution in [2.75, 3.05) is 5.32 Å². The van der Waals surface area contributed by atoms with Gasteiger partial charge in [-0.1, -0.05) is 30.3 Å². The number of carbonyl (C=O) groups excluding carboxylic acids is 3. The summed E-state index contributed by atoms with van der Waals surface area (Å²) in [5.41, 5.74) is 1.66. The second kappa shape index (κ2) is 8.32. The van der Waals surface area contributed by atoms with Crippen molar-refractivity contribution < 1.29 is 18.8 Å². The maximum atomic E-state index is 14.4. The molecule has 0 atom stereocenters. The van der Waals surface area contributed by atoms with Gasteiger partial charge >= 0.3 is 0 Å². The number of nitrogens with one attached hydrogen (secondary N) is 1. The second-order valence-electron chi connectivity index (χ2n) is 7.70. The van der Waals surface area contributed by atoms with E-state index in [1.165, 1.54) is 41.1 Å². The Balaban J connectivity index is 1.39. The van der Waals surface area contributed by atoms with E-state index in [4.69, 9.17) is 0 Å². The van der Waals surface area contributed by atoms with Crippen LogP contribution in [0.1, 0.15) is 42.5 Å². The van der Waals surface area contributed by atoms with Crippen LogP contribution in [0.4, 0.5) is 10.1 Å². The normalized spacial score (nSPS) is 12.7. The Kier molecular flexibility index (Phi) is 5.17. The lowest BCUT2D eigenvalue weighted by Gasteiger charge is -2.13. The molecule has 2 heterocycles. The van der Waals surface area contributed by atoms with Gasteiger partial charge in [0.05, 0.1) is 29.0 Å². The van der Waals surface area contributed by atoms with Crippen molar-refractivity contribution in [2.45, 2.75) is 13.5 Å². The van der Waals surface area contributed by atoms with Gasteiger partial charge in [-0.2, -0.15) is 4.68 Å². The molecule has 1 aliphatic rings. The topological polar surface area (TPSA) is 110 Å². The number of carbonyl (C=O) groups is 3. The molecule has 0 fully saturated rings. The Hall–Kier alpha value is -4.73. The molecule has 0 radical (unpaired) electrons. The van der Waals surface area contributed by atoms with Gasteiger partial charge in [0.15, 0.2) is 5.82 Å². The largest absolute Gasteiger partial charge is 0.319 e. The summed E-state index contributed by atoms with van der Waals surface area (Å²) in [4.78, 5) is 39.6. The van der Waals surface area contributed by atoms with Crippen LogP contribution in [0.25, 0.3) is 5.69 Å². The summed E-state index contributed by atoms with van der Waals surface area (Å²) >= 11 is 0. The number of benzene rings is 3. The number of halogens is 1. The molecule has 0 aliphatic carbocycles. The molecule has 3 amide bonds. The van der Waals surface area contributed by atoms with Crippen LogP contribution in [0.5, 0.6) is 0 Å². The van der Waals surface area contributed by atoms with Crippen LogP contribution in [0.15, 0.2) is 66.7 Å². The number of aromatic nitrogens is 4. The van der Waals surface area contributed by atoms with Crippen LogP contribution >= 0.6 is 0 Å². The quantitative estimate of drug-likeness (QED) is 0.462. The number of nitrogens with zero attached hydrogens (tertiary/aromatic N) is 5. The number of hydrogen-bond donors (Lipinski definition) is 1. The Morgan fingerprint density at radius 3 is 2.47 bits per heavy atom. The molecular formula is C24H17FN6O3. The van der Waals surface area contributed by atoms with E-state index < -0.39 is 23.5 Å². The third kappa shape index (κ3) is 3.71. The minimum atomic E-state index is -0.649. The highest BCUT2D eigenvalue weighted by Gasteiger charge is 2.36. The zero-order valence-corrected chi connectivity index (χ0v) is 17.9. The fourth-order valence-corrected chi connectivity index (χ4v) is 3.75. The number of hydrogen-bond acceptors (Lipinski definition) is 6. The van der Waals surface area contributed by atoms with Gasteiger partial charge in [-0.15, -0.1) is 5.10 Å². The molecular weight excluding hydrogens is 439 g/mol. The predicted molar refractivity (Wildman–Crippen MR) is 119 cm³/mol. The number of anilines is 1. The fraction of sp³-hybridized carbons (Fsp3) is 0.0833. The Morgan fingerprint density at radius 2 is 1.74 bits per heavy atom. The Labute approximate surface area is 192 Å². The van der Waals surface area contributed by atoms with Crippen molar-refractivity contribution >= 4 is 23.4 Å². The van der Waals surface area contributed by atoms with Gasteiger partial charge in [-0.05, 0) is 59.3 Å². The third-order valence-corrected chi connectivity index (χ3v) is 5.48. The van der Waals surface area contributed by atoms with E-state index in [2.05, 4.69) is 20.8 Å². The molecule has 0 saturated carbocycles. The van der Waals surface area contributed by atoms with E-state index in [0.29, 0.717) is 11.5 Å². The van der Waals surface area contributed by atoms with E-state index in [-0.39, 0.29) is 28.9 Å². The lowest BCUT2D eigenvalue weighted by molar-refractivity contribution is 0.0642. The minimum Gasteiger partial charge on any atom is -0.319 e. The molecule has 9 nitrogen and oxygen atoms in total. The zero-order valence-electron chi connectivity index (χ0n) is 17.9. The van der Waals surface area contributed by atoms with Gasteiger partial charge in [-0.25, -0.2) is 4.39 Å². The van der Waals surface area contributed by atoms with E-state index in [9.17, 15) is 18.8 Å².